The van der Waals surface area contributed by atoms with E-state index in [0.29, 0.717) is 22.6 Å². The van der Waals surface area contributed by atoms with Crippen molar-refractivity contribution in [3.8, 4) is 17.6 Å². The zero-order valence-corrected chi connectivity index (χ0v) is 19.1. The highest BCUT2D eigenvalue weighted by Crippen LogP contribution is 2.48. The normalized spacial score (nSPS) is 21.9. The molecule has 2 aromatic rings. The van der Waals surface area contributed by atoms with Gasteiger partial charge < -0.3 is 10.5 Å². The van der Waals surface area contributed by atoms with E-state index in [4.69, 9.17) is 10.5 Å². The van der Waals surface area contributed by atoms with Crippen LogP contribution in [0.1, 0.15) is 53.9 Å². The number of benzene rings is 2. The number of nitrogens with two attached hydrogens (primary N) is 1. The van der Waals surface area contributed by atoms with Gasteiger partial charge in [-0.1, -0.05) is 30.0 Å². The molecule has 0 aromatic heterocycles. The lowest BCUT2D eigenvalue weighted by Crippen LogP contribution is -2.41. The van der Waals surface area contributed by atoms with E-state index in [0.717, 1.165) is 31.2 Å². The number of carbonyl (C=O) groups is 1. The molecule has 1 amide bonds. The Labute approximate surface area is 198 Å². The average molecular weight is 470 g/mol. The largest absolute Gasteiger partial charge is 0.435 e. The van der Waals surface area contributed by atoms with Gasteiger partial charge >= 0.3 is 6.61 Å². The lowest BCUT2D eigenvalue weighted by Gasteiger charge is -2.27. The summed E-state index contributed by atoms with van der Waals surface area (Å²) in [4.78, 5) is 19.5. The van der Waals surface area contributed by atoms with E-state index in [-0.39, 0.29) is 37.0 Å². The summed E-state index contributed by atoms with van der Waals surface area (Å²) in [5.74, 6) is 6.95. The molecule has 0 bridgehead atoms. The number of amides is 1. The number of hydrogen-bond acceptors (Lipinski definition) is 4. The second-order valence-electron chi connectivity index (χ2n) is 8.57. The molecule has 0 spiro atoms. The van der Waals surface area contributed by atoms with E-state index in [1.54, 1.807) is 19.2 Å². The van der Waals surface area contributed by atoms with Gasteiger partial charge in [0.2, 0.25) is 0 Å². The number of likely N-dealkylation sites (N-methyl/N-ethyl adjacent to an activating group) is 1. The summed E-state index contributed by atoms with van der Waals surface area (Å²) < 4.78 is 30.6. The summed E-state index contributed by atoms with van der Waals surface area (Å²) >= 11 is 0. The molecule has 1 aliphatic heterocycles. The van der Waals surface area contributed by atoms with Crippen LogP contribution in [0.2, 0.25) is 0 Å². The molecule has 5 rings (SSSR count). The van der Waals surface area contributed by atoms with Crippen LogP contribution in [0, 0.1) is 17.8 Å². The van der Waals surface area contributed by atoms with Gasteiger partial charge in [-0.15, -0.1) is 0 Å². The van der Waals surface area contributed by atoms with Crippen molar-refractivity contribution in [3.63, 3.8) is 0 Å². The van der Waals surface area contributed by atoms with Gasteiger partial charge in [-0.25, -0.2) is 4.99 Å². The number of guanidine groups is 1. The number of hydrogen-bond donors (Lipinski definition) is 1. The fraction of sp³-hybridized carbons (Fsp3) is 0.360. The predicted molar refractivity (Wildman–Crippen MR) is 127 cm³/mol. The Morgan fingerprint density at radius 1 is 1.15 bits per heavy atom. The first-order valence-electron chi connectivity index (χ1n) is 10.7. The molecule has 33 heavy (non-hydrogen) atoms. The first-order chi connectivity index (χ1) is 15.4. The summed E-state index contributed by atoms with van der Waals surface area (Å²) in [5.41, 5.74) is 7.35. The second kappa shape index (κ2) is 8.71. The minimum absolute atomic E-state index is 0. The van der Waals surface area contributed by atoms with Gasteiger partial charge in [-0.05, 0) is 72.6 Å². The van der Waals surface area contributed by atoms with Crippen LogP contribution in [-0.4, -0.2) is 30.4 Å². The Morgan fingerprint density at radius 3 is 2.48 bits per heavy atom. The third-order valence-corrected chi connectivity index (χ3v) is 6.18. The topological polar surface area (TPSA) is 67.9 Å². The molecule has 2 fully saturated rings. The molecule has 0 saturated heterocycles. The zero-order valence-electron chi connectivity index (χ0n) is 18.1. The van der Waals surface area contributed by atoms with Crippen molar-refractivity contribution in [2.75, 3.05) is 7.05 Å². The van der Waals surface area contributed by atoms with E-state index in [2.05, 4.69) is 16.8 Å². The smallest absolute Gasteiger partial charge is 0.387 e. The van der Waals surface area contributed by atoms with Crippen molar-refractivity contribution >= 4 is 25.4 Å². The molecule has 2 aliphatic carbocycles. The Hall–Kier alpha value is -3.05. The van der Waals surface area contributed by atoms with E-state index in [1.165, 1.54) is 11.0 Å². The number of ether oxygens (including phenoxy) is 1. The van der Waals surface area contributed by atoms with Crippen LogP contribution >= 0.6 is 13.5 Å². The molecule has 3 aliphatic rings. The Kier molecular flexibility index (Phi) is 6.10. The summed E-state index contributed by atoms with van der Waals surface area (Å²) in [7, 11) is 1.58. The average Bonchev–Trinajstić information content (AvgIpc) is 3.69. The van der Waals surface area contributed by atoms with Crippen LogP contribution < -0.4 is 10.5 Å². The molecule has 8 heteroatoms. The molecule has 2 aromatic carbocycles. The molecular formula is C25H25F2N3O2S. The van der Waals surface area contributed by atoms with Gasteiger partial charge in [0, 0.05) is 18.5 Å². The van der Waals surface area contributed by atoms with Crippen LogP contribution in [0.5, 0.6) is 5.75 Å². The maximum absolute atomic E-state index is 13.5. The number of halogens is 2. The second-order valence-corrected chi connectivity index (χ2v) is 8.57. The highest BCUT2D eigenvalue weighted by atomic mass is 32.1. The van der Waals surface area contributed by atoms with Gasteiger partial charge in [0.05, 0.1) is 0 Å². The van der Waals surface area contributed by atoms with Crippen LogP contribution in [0.4, 0.5) is 8.78 Å². The minimum atomic E-state index is -2.91. The van der Waals surface area contributed by atoms with Crippen LogP contribution in [0.25, 0.3) is 0 Å². The quantitative estimate of drug-likeness (QED) is 0.672. The van der Waals surface area contributed by atoms with E-state index >= 15 is 0 Å². The highest BCUT2D eigenvalue weighted by molar-refractivity contribution is 7.59. The predicted octanol–water partition coefficient (Wildman–Crippen LogP) is 4.07. The van der Waals surface area contributed by atoms with Crippen molar-refractivity contribution in [1.82, 2.24) is 4.90 Å². The molecule has 2 N–H and O–H groups in total. The van der Waals surface area contributed by atoms with Crippen LogP contribution in [0.3, 0.4) is 0 Å². The fourth-order valence-electron chi connectivity index (χ4n) is 4.11. The van der Waals surface area contributed by atoms with Crippen molar-refractivity contribution in [2.45, 2.75) is 43.8 Å². The number of alkyl halides is 2. The Morgan fingerprint density at radius 2 is 1.88 bits per heavy atom. The van der Waals surface area contributed by atoms with Gasteiger partial charge in [-0.3, -0.25) is 9.69 Å². The minimum Gasteiger partial charge on any atom is -0.435 e. The molecule has 0 unspecified atom stereocenters. The molecule has 0 radical (unpaired) electrons. The Balaban J connectivity index is 0.00000259. The molecule has 2 saturated carbocycles. The van der Waals surface area contributed by atoms with Gasteiger partial charge in [0.15, 0.2) is 11.5 Å². The number of aliphatic imine (C=N–C) groups is 1. The molecule has 5 nitrogen and oxygen atoms in total. The van der Waals surface area contributed by atoms with E-state index in [9.17, 15) is 13.6 Å². The summed E-state index contributed by atoms with van der Waals surface area (Å²) in [5, 5.41) is 0. The third kappa shape index (κ3) is 4.30. The number of nitrogens with zero attached hydrogens (tertiary/aromatic N) is 2. The maximum Gasteiger partial charge on any atom is 0.387 e. The van der Waals surface area contributed by atoms with E-state index < -0.39 is 12.2 Å². The summed E-state index contributed by atoms with van der Waals surface area (Å²) in [6.45, 7) is -2.91. The lowest BCUT2D eigenvalue weighted by molar-refractivity contribution is -0.129. The molecular weight excluding hydrogens is 444 g/mol. The van der Waals surface area contributed by atoms with Crippen molar-refractivity contribution < 1.29 is 18.3 Å². The molecule has 172 valence electrons. The van der Waals surface area contributed by atoms with Crippen LogP contribution in [-0.2, 0) is 10.3 Å². The SMILES string of the molecule is CN1C(=O)[C@](c2cccc(C#CC3CC3)c2)(c2ccc(OC(F)F)c(C3CC3)c2)N=C1N.S. The maximum atomic E-state index is 13.5. The fourth-order valence-corrected chi connectivity index (χ4v) is 4.11. The summed E-state index contributed by atoms with van der Waals surface area (Å²) in [6, 6.07) is 12.3. The number of rotatable bonds is 5. The van der Waals surface area contributed by atoms with Gasteiger partial charge in [-0.2, -0.15) is 22.3 Å². The third-order valence-electron chi connectivity index (χ3n) is 6.18. The molecule has 1 heterocycles. The number of carbonyl (C=O) groups excluding carboxylic acids is 1. The van der Waals surface area contributed by atoms with Gasteiger partial charge in [0.1, 0.15) is 5.75 Å². The van der Waals surface area contributed by atoms with Crippen LogP contribution in [0.15, 0.2) is 47.5 Å². The van der Waals surface area contributed by atoms with Crippen molar-refractivity contribution in [1.29, 1.82) is 0 Å². The monoisotopic (exact) mass is 469 g/mol. The standard InChI is InChI=1S/C25H23F2N3O2.H2S/c1-30-22(31)25(29-24(30)28,18-4-2-3-16(13-18)8-7-15-5-6-15)19-11-12-21(32-23(26)27)20(14-19)17-9-10-17;/h2-4,11-15,17,23H,5-6,9-10H2,1H3,(H2,28,29);1H2/t25-;/m0./s1. The Bertz CT molecular complexity index is 1180. The highest BCUT2D eigenvalue weighted by Gasteiger charge is 2.50. The van der Waals surface area contributed by atoms with E-state index in [1.807, 2.05) is 24.3 Å². The van der Waals surface area contributed by atoms with Gasteiger partial charge in [0.25, 0.3) is 5.91 Å². The molecule has 1 atom stereocenters. The lowest BCUT2D eigenvalue weighted by atomic mass is 9.81. The van der Waals surface area contributed by atoms with Crippen molar-refractivity contribution in [3.05, 3.63) is 64.7 Å². The zero-order chi connectivity index (χ0) is 22.5. The van der Waals surface area contributed by atoms with Crippen molar-refractivity contribution in [2.24, 2.45) is 16.6 Å². The summed E-state index contributed by atoms with van der Waals surface area (Å²) in [6.07, 6.45) is 4.03. The first-order valence-corrected chi connectivity index (χ1v) is 10.7. The first kappa shape index (κ1) is 23.1.